The number of ether oxygens (including phenoxy) is 2. The van der Waals surface area contributed by atoms with Gasteiger partial charge in [-0.1, -0.05) is 0 Å². The Kier molecular flexibility index (Phi) is 4.04. The monoisotopic (exact) mass is 264 g/mol. The highest BCUT2D eigenvalue weighted by Gasteiger charge is 2.06. The minimum absolute atomic E-state index is 0.660. The van der Waals surface area contributed by atoms with Crippen LogP contribution in [0.1, 0.15) is 10.4 Å². The minimum Gasteiger partial charge on any atom is -0.497 e. The van der Waals surface area contributed by atoms with Gasteiger partial charge >= 0.3 is 0 Å². The molecule has 0 aliphatic rings. The predicted octanol–water partition coefficient (Wildman–Crippen LogP) is 3.08. The van der Waals surface area contributed by atoms with Gasteiger partial charge in [-0.3, -0.25) is 0 Å². The van der Waals surface area contributed by atoms with Crippen molar-refractivity contribution in [1.82, 2.24) is 4.98 Å². The van der Waals surface area contributed by atoms with Crippen molar-refractivity contribution in [2.45, 2.75) is 13.5 Å². The van der Waals surface area contributed by atoms with Gasteiger partial charge in [0.1, 0.15) is 11.5 Å². The lowest BCUT2D eigenvalue weighted by atomic mass is 10.2. The molecule has 96 valence electrons. The first-order valence-electron chi connectivity index (χ1n) is 5.60. The van der Waals surface area contributed by atoms with E-state index in [0.29, 0.717) is 6.54 Å². The third kappa shape index (κ3) is 2.92. The van der Waals surface area contributed by atoms with Crippen LogP contribution >= 0.6 is 11.3 Å². The first kappa shape index (κ1) is 12.7. The van der Waals surface area contributed by atoms with E-state index in [0.717, 1.165) is 22.2 Å². The summed E-state index contributed by atoms with van der Waals surface area (Å²) < 4.78 is 10.5. The Morgan fingerprint density at radius 1 is 1.28 bits per heavy atom. The number of benzene rings is 1. The summed E-state index contributed by atoms with van der Waals surface area (Å²) in [6.45, 7) is 2.70. The highest BCUT2D eigenvalue weighted by molar-refractivity contribution is 7.15. The summed E-state index contributed by atoms with van der Waals surface area (Å²) in [6, 6.07) is 5.76. The van der Waals surface area contributed by atoms with Crippen molar-refractivity contribution in [2.24, 2.45) is 0 Å². The van der Waals surface area contributed by atoms with Crippen LogP contribution in [0.15, 0.2) is 24.4 Å². The number of nitrogens with zero attached hydrogens (tertiary/aromatic N) is 1. The SMILES string of the molecule is COc1ccc(OC)c(CNc2ncc(C)s2)c1. The molecule has 0 spiro atoms. The number of hydrogen-bond donors (Lipinski definition) is 1. The summed E-state index contributed by atoms with van der Waals surface area (Å²) in [4.78, 5) is 5.45. The zero-order valence-corrected chi connectivity index (χ0v) is 11.5. The molecule has 1 aromatic carbocycles. The van der Waals surface area contributed by atoms with E-state index in [1.807, 2.05) is 31.3 Å². The van der Waals surface area contributed by atoms with Crippen LogP contribution in [0, 0.1) is 6.92 Å². The van der Waals surface area contributed by atoms with Crippen LogP contribution in [0.3, 0.4) is 0 Å². The topological polar surface area (TPSA) is 43.4 Å². The van der Waals surface area contributed by atoms with Crippen molar-refractivity contribution in [1.29, 1.82) is 0 Å². The van der Waals surface area contributed by atoms with Crippen LogP contribution in [0.4, 0.5) is 5.13 Å². The summed E-state index contributed by atoms with van der Waals surface area (Å²) in [6.07, 6.45) is 1.86. The number of rotatable bonds is 5. The van der Waals surface area contributed by atoms with Crippen LogP contribution in [0.2, 0.25) is 0 Å². The van der Waals surface area contributed by atoms with Crippen LogP contribution < -0.4 is 14.8 Å². The molecule has 1 N–H and O–H groups in total. The Labute approximate surface area is 111 Å². The lowest BCUT2D eigenvalue weighted by Gasteiger charge is -2.10. The summed E-state index contributed by atoms with van der Waals surface area (Å²) in [5.41, 5.74) is 1.05. The Balaban J connectivity index is 2.11. The van der Waals surface area contributed by atoms with E-state index in [9.17, 15) is 0 Å². The zero-order valence-electron chi connectivity index (χ0n) is 10.7. The molecule has 2 aromatic rings. The second-order valence-corrected chi connectivity index (χ2v) is 5.04. The lowest BCUT2D eigenvalue weighted by Crippen LogP contribution is -2.01. The predicted molar refractivity (Wildman–Crippen MR) is 73.7 cm³/mol. The van der Waals surface area contributed by atoms with Crippen molar-refractivity contribution in [2.75, 3.05) is 19.5 Å². The summed E-state index contributed by atoms with van der Waals surface area (Å²) in [5, 5.41) is 4.19. The van der Waals surface area contributed by atoms with Crippen molar-refractivity contribution in [3.05, 3.63) is 34.8 Å². The number of thiazole rings is 1. The molecular formula is C13H16N2O2S. The molecule has 0 saturated heterocycles. The third-order valence-electron chi connectivity index (χ3n) is 2.54. The number of methoxy groups -OCH3 is 2. The first-order valence-corrected chi connectivity index (χ1v) is 6.42. The average Bonchev–Trinajstić information content (AvgIpc) is 2.81. The maximum Gasteiger partial charge on any atom is 0.183 e. The molecular weight excluding hydrogens is 248 g/mol. The fourth-order valence-corrected chi connectivity index (χ4v) is 2.29. The number of nitrogens with one attached hydrogen (secondary N) is 1. The van der Waals surface area contributed by atoms with E-state index in [-0.39, 0.29) is 0 Å². The molecule has 1 heterocycles. The molecule has 0 unspecified atom stereocenters. The molecule has 0 aliphatic heterocycles. The normalized spacial score (nSPS) is 10.2. The van der Waals surface area contributed by atoms with E-state index in [2.05, 4.69) is 10.3 Å². The van der Waals surface area contributed by atoms with Gasteiger partial charge in [0.25, 0.3) is 0 Å². The molecule has 0 atom stereocenters. The molecule has 2 rings (SSSR count). The van der Waals surface area contributed by atoms with Gasteiger partial charge in [-0.25, -0.2) is 4.98 Å². The molecule has 0 fully saturated rings. The van der Waals surface area contributed by atoms with Crippen molar-refractivity contribution in [3.8, 4) is 11.5 Å². The third-order valence-corrected chi connectivity index (χ3v) is 3.41. The van der Waals surface area contributed by atoms with E-state index in [1.165, 1.54) is 4.88 Å². The van der Waals surface area contributed by atoms with Crippen LogP contribution in [-0.2, 0) is 6.54 Å². The van der Waals surface area contributed by atoms with Crippen LogP contribution in [-0.4, -0.2) is 19.2 Å². The van der Waals surface area contributed by atoms with Gasteiger partial charge in [0.05, 0.1) is 14.2 Å². The minimum atomic E-state index is 0.660. The Morgan fingerprint density at radius 3 is 2.72 bits per heavy atom. The summed E-state index contributed by atoms with van der Waals surface area (Å²) >= 11 is 1.64. The molecule has 0 saturated carbocycles. The molecule has 0 aliphatic carbocycles. The number of anilines is 1. The largest absolute Gasteiger partial charge is 0.497 e. The summed E-state index contributed by atoms with van der Waals surface area (Å²) in [5.74, 6) is 1.67. The smallest absolute Gasteiger partial charge is 0.183 e. The fraction of sp³-hybridized carbons (Fsp3) is 0.308. The van der Waals surface area contributed by atoms with Gasteiger partial charge in [-0.2, -0.15) is 0 Å². The van der Waals surface area contributed by atoms with Gasteiger partial charge in [0.15, 0.2) is 5.13 Å². The fourth-order valence-electron chi connectivity index (χ4n) is 1.63. The zero-order chi connectivity index (χ0) is 13.0. The van der Waals surface area contributed by atoms with E-state index < -0.39 is 0 Å². The van der Waals surface area contributed by atoms with Crippen LogP contribution in [0.25, 0.3) is 0 Å². The highest BCUT2D eigenvalue weighted by atomic mass is 32.1. The van der Waals surface area contributed by atoms with Crippen molar-refractivity contribution < 1.29 is 9.47 Å². The quantitative estimate of drug-likeness (QED) is 0.901. The molecule has 0 radical (unpaired) electrons. The highest BCUT2D eigenvalue weighted by Crippen LogP contribution is 2.25. The number of aromatic nitrogens is 1. The van der Waals surface area contributed by atoms with Crippen molar-refractivity contribution in [3.63, 3.8) is 0 Å². The number of hydrogen-bond acceptors (Lipinski definition) is 5. The molecule has 4 nitrogen and oxygen atoms in total. The molecule has 1 aromatic heterocycles. The van der Waals surface area contributed by atoms with Crippen molar-refractivity contribution >= 4 is 16.5 Å². The van der Waals surface area contributed by atoms with Gasteiger partial charge in [-0.15, -0.1) is 11.3 Å². The van der Waals surface area contributed by atoms with Crippen LogP contribution in [0.5, 0.6) is 11.5 Å². The molecule has 0 bridgehead atoms. The van der Waals surface area contributed by atoms with Gasteiger partial charge in [-0.05, 0) is 25.1 Å². The number of aryl methyl sites for hydroxylation is 1. The van der Waals surface area contributed by atoms with Gasteiger partial charge in [0.2, 0.25) is 0 Å². The van der Waals surface area contributed by atoms with Gasteiger partial charge in [0, 0.05) is 23.2 Å². The lowest BCUT2D eigenvalue weighted by molar-refractivity contribution is 0.399. The Hall–Kier alpha value is -1.75. The molecule has 0 amide bonds. The van der Waals surface area contributed by atoms with E-state index in [4.69, 9.17) is 9.47 Å². The second kappa shape index (κ2) is 5.73. The second-order valence-electron chi connectivity index (χ2n) is 3.81. The first-order chi connectivity index (χ1) is 8.72. The standard InChI is InChI=1S/C13H16N2O2S/c1-9-7-14-13(18-9)15-8-10-6-11(16-2)4-5-12(10)17-3/h4-7H,8H2,1-3H3,(H,14,15). The average molecular weight is 264 g/mol. The Bertz CT molecular complexity index is 525. The van der Waals surface area contributed by atoms with E-state index >= 15 is 0 Å². The summed E-state index contributed by atoms with van der Waals surface area (Å²) in [7, 11) is 3.32. The maximum absolute atomic E-state index is 5.33. The maximum atomic E-state index is 5.33. The van der Waals surface area contributed by atoms with E-state index in [1.54, 1.807) is 25.6 Å². The molecule has 18 heavy (non-hydrogen) atoms. The Morgan fingerprint density at radius 2 is 2.11 bits per heavy atom. The van der Waals surface area contributed by atoms with Gasteiger partial charge < -0.3 is 14.8 Å². The molecule has 5 heteroatoms.